The smallest absolute Gasteiger partial charge is 0.410 e. The fraction of sp³-hybridized carbons (Fsp3) is 0.571. The summed E-state index contributed by atoms with van der Waals surface area (Å²) < 4.78 is 21.9. The Balaban J connectivity index is 1.65. The number of unbranched alkanes of at least 4 members (excludes halogenated alkanes) is 1. The number of anilines is 2. The molecule has 11 heteroatoms. The summed E-state index contributed by atoms with van der Waals surface area (Å²) in [6.45, 7) is 7.33. The number of nitrogens with one attached hydrogen (secondary N) is 1. The van der Waals surface area contributed by atoms with Crippen LogP contribution in [0.2, 0.25) is 0 Å². The molecule has 0 aliphatic carbocycles. The predicted molar refractivity (Wildman–Crippen MR) is 150 cm³/mol. The van der Waals surface area contributed by atoms with Crippen molar-refractivity contribution < 1.29 is 18.7 Å². The molecule has 2 amide bonds. The highest BCUT2D eigenvalue weighted by Crippen LogP contribution is 2.52. The molecule has 0 radical (unpaired) electrons. The topological polar surface area (TPSA) is 102 Å². The number of carbonyl (C=O) groups excluding carboxylic acids is 2. The molecule has 2 saturated heterocycles. The van der Waals surface area contributed by atoms with Gasteiger partial charge in [-0.3, -0.25) is 4.79 Å². The molecule has 1 spiro atoms. The molecule has 4 heterocycles. The third kappa shape index (κ3) is 4.72. The van der Waals surface area contributed by atoms with Gasteiger partial charge in [-0.1, -0.05) is 0 Å². The first-order valence-corrected chi connectivity index (χ1v) is 14.1. The van der Waals surface area contributed by atoms with E-state index in [2.05, 4.69) is 37.1 Å². The van der Waals surface area contributed by atoms with Crippen LogP contribution >= 0.6 is 15.9 Å². The maximum atomic E-state index is 16.0. The summed E-state index contributed by atoms with van der Waals surface area (Å²) in [6.07, 6.45) is 1.38. The van der Waals surface area contributed by atoms with Gasteiger partial charge in [-0.05, 0) is 81.7 Å². The fourth-order valence-corrected chi connectivity index (χ4v) is 6.24. The number of aromatic nitrogens is 1. The van der Waals surface area contributed by atoms with Crippen LogP contribution in [0.4, 0.5) is 20.7 Å². The highest BCUT2D eigenvalue weighted by Gasteiger charge is 2.55. The molecular formula is C28H34BrFN6O3. The van der Waals surface area contributed by atoms with Gasteiger partial charge in [0, 0.05) is 49.6 Å². The minimum atomic E-state index is -1.04. The third-order valence-corrected chi connectivity index (χ3v) is 8.77. The Morgan fingerprint density at radius 2 is 2.10 bits per heavy atom. The van der Waals surface area contributed by atoms with Gasteiger partial charge in [0.2, 0.25) is 5.91 Å². The number of hydrogen-bond acceptors (Lipinski definition) is 7. The monoisotopic (exact) mass is 600 g/mol. The summed E-state index contributed by atoms with van der Waals surface area (Å²) in [7, 11) is 4.04. The number of pyridine rings is 1. The van der Waals surface area contributed by atoms with Crippen LogP contribution in [0.15, 0.2) is 10.5 Å². The minimum absolute atomic E-state index is 0.140. The van der Waals surface area contributed by atoms with Gasteiger partial charge in [-0.25, -0.2) is 14.2 Å². The summed E-state index contributed by atoms with van der Waals surface area (Å²) in [5, 5.41) is 12.6. The SMILES string of the molecule is CN(C)C1CN(c2nc3c(F)c(Br)c(CCCC#N)cc3c3c2NC(=O)C32CCN(C(=O)OC(C)(C)C)C2)C1. The van der Waals surface area contributed by atoms with Crippen LogP contribution < -0.4 is 10.2 Å². The first-order chi connectivity index (χ1) is 18.4. The molecule has 1 unspecified atom stereocenters. The average Bonchev–Trinajstić information content (AvgIpc) is 3.38. The molecular weight excluding hydrogens is 567 g/mol. The number of likely N-dealkylation sites (N-methyl/N-ethyl adjacent to an activating group) is 1. The highest BCUT2D eigenvalue weighted by molar-refractivity contribution is 9.10. The normalized spacial score (nSPS) is 20.9. The number of nitriles is 1. The molecule has 2 aromatic rings. The van der Waals surface area contributed by atoms with Crippen molar-refractivity contribution in [3.8, 4) is 6.07 Å². The van der Waals surface area contributed by atoms with Crippen LogP contribution in [0.3, 0.4) is 0 Å². The van der Waals surface area contributed by atoms with E-state index in [1.807, 2.05) is 40.9 Å². The minimum Gasteiger partial charge on any atom is -0.444 e. The lowest BCUT2D eigenvalue weighted by atomic mass is 9.78. The number of aryl methyl sites for hydroxylation is 1. The molecule has 3 aliphatic rings. The van der Waals surface area contributed by atoms with Crippen molar-refractivity contribution in [2.45, 2.75) is 63.5 Å². The van der Waals surface area contributed by atoms with Crippen molar-refractivity contribution >= 4 is 50.3 Å². The van der Waals surface area contributed by atoms with Crippen LogP contribution in [-0.2, 0) is 21.4 Å². The Kier molecular flexibility index (Phi) is 7.00. The van der Waals surface area contributed by atoms with E-state index in [-0.39, 0.29) is 18.0 Å². The predicted octanol–water partition coefficient (Wildman–Crippen LogP) is 4.56. The van der Waals surface area contributed by atoms with Crippen LogP contribution in [0.1, 0.15) is 51.2 Å². The molecule has 5 rings (SSSR count). The number of amides is 2. The van der Waals surface area contributed by atoms with E-state index in [0.29, 0.717) is 78.3 Å². The number of ether oxygens (including phenoxy) is 1. The van der Waals surface area contributed by atoms with Crippen molar-refractivity contribution in [3.05, 3.63) is 27.5 Å². The second-order valence-corrected chi connectivity index (χ2v) is 12.8. The molecule has 208 valence electrons. The van der Waals surface area contributed by atoms with Crippen molar-refractivity contribution in [2.24, 2.45) is 0 Å². The Morgan fingerprint density at radius 1 is 1.38 bits per heavy atom. The maximum absolute atomic E-state index is 16.0. The van der Waals surface area contributed by atoms with Gasteiger partial charge in [0.1, 0.15) is 11.1 Å². The van der Waals surface area contributed by atoms with Gasteiger partial charge in [-0.15, -0.1) is 0 Å². The Labute approximate surface area is 236 Å². The number of nitrogens with zero attached hydrogens (tertiary/aromatic N) is 5. The number of halogens is 2. The summed E-state index contributed by atoms with van der Waals surface area (Å²) in [4.78, 5) is 37.3. The van der Waals surface area contributed by atoms with Gasteiger partial charge in [0.15, 0.2) is 11.6 Å². The Morgan fingerprint density at radius 3 is 2.74 bits per heavy atom. The fourth-order valence-electron chi connectivity index (χ4n) is 5.74. The lowest BCUT2D eigenvalue weighted by Gasteiger charge is -2.44. The zero-order valence-corrected chi connectivity index (χ0v) is 24.6. The second-order valence-electron chi connectivity index (χ2n) is 12.0. The average molecular weight is 602 g/mol. The molecule has 0 saturated carbocycles. The van der Waals surface area contributed by atoms with Crippen molar-refractivity contribution in [2.75, 3.05) is 50.5 Å². The Hall–Kier alpha value is -2.97. The molecule has 9 nitrogen and oxygen atoms in total. The van der Waals surface area contributed by atoms with E-state index in [1.165, 1.54) is 0 Å². The van der Waals surface area contributed by atoms with Crippen LogP contribution in [0.25, 0.3) is 10.9 Å². The maximum Gasteiger partial charge on any atom is 0.410 e. The molecule has 0 bridgehead atoms. The molecule has 1 aromatic heterocycles. The lowest BCUT2D eigenvalue weighted by Crippen LogP contribution is -2.57. The standard InChI is InChI=1S/C28H34BrFN6O3/c1-27(2,3)39-26(38)35-11-9-28(15-35)19-18-12-16(8-6-7-10-31)20(29)21(30)22(18)32-24(23(19)33-25(28)37)36-13-17(14-36)34(4)5/h12,17H,6-9,11,13-15H2,1-5H3,(H,33,37). The molecule has 1 atom stereocenters. The van der Waals surface area contributed by atoms with Crippen molar-refractivity contribution in [1.29, 1.82) is 5.26 Å². The Bertz CT molecular complexity index is 1390. The molecule has 2 fully saturated rings. The highest BCUT2D eigenvalue weighted by atomic mass is 79.9. The van der Waals surface area contributed by atoms with Crippen LogP contribution in [0.5, 0.6) is 0 Å². The third-order valence-electron chi connectivity index (χ3n) is 7.92. The summed E-state index contributed by atoms with van der Waals surface area (Å²) in [5.74, 6) is -0.137. The quantitative estimate of drug-likeness (QED) is 0.502. The number of fused-ring (bicyclic) bond motifs is 4. The zero-order chi connectivity index (χ0) is 28.3. The van der Waals surface area contributed by atoms with Gasteiger partial charge in [0.25, 0.3) is 0 Å². The van der Waals surface area contributed by atoms with Crippen LogP contribution in [0, 0.1) is 17.1 Å². The molecule has 39 heavy (non-hydrogen) atoms. The van der Waals surface area contributed by atoms with Crippen LogP contribution in [-0.4, -0.2) is 78.7 Å². The largest absolute Gasteiger partial charge is 0.444 e. The van der Waals surface area contributed by atoms with Crippen molar-refractivity contribution in [3.63, 3.8) is 0 Å². The van der Waals surface area contributed by atoms with Gasteiger partial charge in [-0.2, -0.15) is 5.26 Å². The van der Waals surface area contributed by atoms with E-state index >= 15 is 4.39 Å². The van der Waals surface area contributed by atoms with E-state index in [1.54, 1.807) is 4.90 Å². The van der Waals surface area contributed by atoms with Gasteiger partial charge < -0.3 is 24.8 Å². The second kappa shape index (κ2) is 9.89. The first kappa shape index (κ1) is 27.6. The number of carbonyl (C=O) groups is 2. The summed E-state index contributed by atoms with van der Waals surface area (Å²) in [6, 6.07) is 4.36. The lowest BCUT2D eigenvalue weighted by molar-refractivity contribution is -0.120. The van der Waals surface area contributed by atoms with Crippen molar-refractivity contribution in [1.82, 2.24) is 14.8 Å². The zero-order valence-electron chi connectivity index (χ0n) is 23.0. The van der Waals surface area contributed by atoms with E-state index in [4.69, 9.17) is 15.0 Å². The van der Waals surface area contributed by atoms with E-state index in [9.17, 15) is 9.59 Å². The first-order valence-electron chi connectivity index (χ1n) is 13.3. The number of likely N-dealkylation sites (tertiary alicyclic amines) is 1. The van der Waals surface area contributed by atoms with E-state index in [0.717, 1.165) is 5.56 Å². The summed E-state index contributed by atoms with van der Waals surface area (Å²) >= 11 is 3.43. The number of hydrogen-bond donors (Lipinski definition) is 1. The van der Waals surface area contributed by atoms with Gasteiger partial charge >= 0.3 is 6.09 Å². The number of benzene rings is 1. The molecule has 1 aromatic carbocycles. The molecule has 1 N–H and O–H groups in total. The molecule has 3 aliphatic heterocycles. The van der Waals surface area contributed by atoms with Gasteiger partial charge in [0.05, 0.1) is 21.6 Å². The number of rotatable bonds is 5. The van der Waals surface area contributed by atoms with E-state index < -0.39 is 22.9 Å². The summed E-state index contributed by atoms with van der Waals surface area (Å²) in [5.41, 5.74) is 0.499.